The summed E-state index contributed by atoms with van der Waals surface area (Å²) in [5.41, 5.74) is 0.976. The van der Waals surface area contributed by atoms with Crippen molar-refractivity contribution in [1.82, 2.24) is 14.9 Å². The van der Waals surface area contributed by atoms with Gasteiger partial charge in [0, 0.05) is 30.4 Å². The molecule has 3 nitrogen and oxygen atoms in total. The highest BCUT2D eigenvalue weighted by Gasteiger charge is 2.35. The summed E-state index contributed by atoms with van der Waals surface area (Å²) in [6.07, 6.45) is -0.889. The van der Waals surface area contributed by atoms with Gasteiger partial charge in [-0.15, -0.1) is 0 Å². The van der Waals surface area contributed by atoms with Crippen molar-refractivity contribution in [2.75, 3.05) is 0 Å². The fraction of sp³-hybridized carbons (Fsp3) is 0.471. The summed E-state index contributed by atoms with van der Waals surface area (Å²) in [5, 5.41) is 3.42. The second-order valence-corrected chi connectivity index (χ2v) is 6.30. The summed E-state index contributed by atoms with van der Waals surface area (Å²) >= 11 is 0. The van der Waals surface area contributed by atoms with E-state index in [4.69, 9.17) is 0 Å². The summed E-state index contributed by atoms with van der Waals surface area (Å²) in [4.78, 5) is 3.81. The molecule has 124 valence electrons. The molecular formula is C17H20F3N3. The molecule has 0 aliphatic heterocycles. The number of imidazole rings is 1. The van der Waals surface area contributed by atoms with E-state index in [1.807, 2.05) is 38.1 Å². The zero-order chi connectivity index (χ0) is 16.6. The molecule has 1 N–H and O–H groups in total. The summed E-state index contributed by atoms with van der Waals surface area (Å²) in [7, 11) is 0. The Labute approximate surface area is 133 Å². The molecule has 0 radical (unpaired) electrons. The highest BCUT2D eigenvalue weighted by Crippen LogP contribution is 2.32. The van der Waals surface area contributed by atoms with Crippen LogP contribution in [0.15, 0.2) is 30.5 Å². The van der Waals surface area contributed by atoms with Crippen molar-refractivity contribution < 1.29 is 13.2 Å². The zero-order valence-corrected chi connectivity index (χ0v) is 13.2. The van der Waals surface area contributed by atoms with E-state index in [9.17, 15) is 13.2 Å². The van der Waals surface area contributed by atoms with Gasteiger partial charge in [-0.05, 0) is 32.3 Å². The first-order valence-electron chi connectivity index (χ1n) is 7.83. The molecule has 0 bridgehead atoms. The molecule has 0 unspecified atom stereocenters. The molecule has 1 heterocycles. The van der Waals surface area contributed by atoms with E-state index in [1.165, 1.54) is 12.8 Å². The Morgan fingerprint density at radius 1 is 1.22 bits per heavy atom. The van der Waals surface area contributed by atoms with Crippen LogP contribution in [0.1, 0.15) is 44.0 Å². The SMILES string of the molecule is CC(C)n1cc(C(F)(F)F)nc1-c1ccc(CNC2CC2)cc1. The Morgan fingerprint density at radius 2 is 1.87 bits per heavy atom. The molecule has 0 amide bonds. The topological polar surface area (TPSA) is 29.9 Å². The van der Waals surface area contributed by atoms with Crippen LogP contribution >= 0.6 is 0 Å². The van der Waals surface area contributed by atoms with Gasteiger partial charge in [0.05, 0.1) is 0 Å². The molecule has 0 spiro atoms. The van der Waals surface area contributed by atoms with Crippen molar-refractivity contribution >= 4 is 0 Å². The van der Waals surface area contributed by atoms with Crippen molar-refractivity contribution in [1.29, 1.82) is 0 Å². The quantitative estimate of drug-likeness (QED) is 0.884. The minimum absolute atomic E-state index is 0.0928. The zero-order valence-electron chi connectivity index (χ0n) is 13.2. The van der Waals surface area contributed by atoms with Gasteiger partial charge in [-0.25, -0.2) is 4.98 Å². The molecule has 1 aromatic heterocycles. The number of aromatic nitrogens is 2. The average Bonchev–Trinajstić information content (AvgIpc) is 3.19. The third-order valence-corrected chi connectivity index (χ3v) is 3.96. The monoisotopic (exact) mass is 323 g/mol. The predicted molar refractivity (Wildman–Crippen MR) is 82.9 cm³/mol. The second-order valence-electron chi connectivity index (χ2n) is 6.30. The Balaban J connectivity index is 1.85. The minimum Gasteiger partial charge on any atom is -0.328 e. The van der Waals surface area contributed by atoms with E-state index in [-0.39, 0.29) is 6.04 Å². The van der Waals surface area contributed by atoms with Gasteiger partial charge in [-0.1, -0.05) is 24.3 Å². The van der Waals surface area contributed by atoms with Crippen molar-refractivity contribution in [3.63, 3.8) is 0 Å². The van der Waals surface area contributed by atoms with Crippen LogP contribution in [0.3, 0.4) is 0 Å². The molecule has 6 heteroatoms. The normalized spacial score (nSPS) is 15.4. The third-order valence-electron chi connectivity index (χ3n) is 3.96. The number of hydrogen-bond acceptors (Lipinski definition) is 2. The second kappa shape index (κ2) is 6.00. The average molecular weight is 323 g/mol. The highest BCUT2D eigenvalue weighted by atomic mass is 19.4. The van der Waals surface area contributed by atoms with Crippen LogP contribution in [0.4, 0.5) is 13.2 Å². The lowest BCUT2D eigenvalue weighted by Gasteiger charge is -2.11. The van der Waals surface area contributed by atoms with Crippen molar-refractivity contribution in [2.45, 2.75) is 51.5 Å². The first kappa shape index (κ1) is 16.1. The van der Waals surface area contributed by atoms with E-state index < -0.39 is 11.9 Å². The number of rotatable bonds is 5. The molecule has 1 saturated carbocycles. The predicted octanol–water partition coefficient (Wildman–Crippen LogP) is 4.40. The number of nitrogens with one attached hydrogen (secondary N) is 1. The maximum absolute atomic E-state index is 12.9. The summed E-state index contributed by atoms with van der Waals surface area (Å²) < 4.78 is 40.3. The van der Waals surface area contributed by atoms with Crippen LogP contribution < -0.4 is 5.32 Å². The number of alkyl halides is 3. The molecule has 1 aliphatic carbocycles. The largest absolute Gasteiger partial charge is 0.434 e. The summed E-state index contributed by atoms with van der Waals surface area (Å²) in [5.74, 6) is 0.356. The van der Waals surface area contributed by atoms with Gasteiger partial charge in [-0.2, -0.15) is 13.2 Å². The van der Waals surface area contributed by atoms with Gasteiger partial charge < -0.3 is 9.88 Å². The summed E-state index contributed by atoms with van der Waals surface area (Å²) in [6.45, 7) is 4.48. The van der Waals surface area contributed by atoms with Crippen LogP contribution in [0.25, 0.3) is 11.4 Å². The Kier molecular flexibility index (Phi) is 4.19. The molecule has 2 aromatic rings. The Hall–Kier alpha value is -1.82. The smallest absolute Gasteiger partial charge is 0.328 e. The van der Waals surface area contributed by atoms with E-state index in [2.05, 4.69) is 10.3 Å². The first-order valence-corrected chi connectivity index (χ1v) is 7.83. The maximum Gasteiger partial charge on any atom is 0.434 e. The molecular weight excluding hydrogens is 303 g/mol. The Morgan fingerprint density at radius 3 is 2.39 bits per heavy atom. The van der Waals surface area contributed by atoms with E-state index in [1.54, 1.807) is 4.57 Å². The number of hydrogen-bond donors (Lipinski definition) is 1. The fourth-order valence-electron chi connectivity index (χ4n) is 2.46. The lowest BCUT2D eigenvalue weighted by atomic mass is 10.1. The van der Waals surface area contributed by atoms with Crippen LogP contribution in [-0.4, -0.2) is 15.6 Å². The number of benzene rings is 1. The van der Waals surface area contributed by atoms with E-state index in [0.717, 1.165) is 18.3 Å². The summed E-state index contributed by atoms with van der Waals surface area (Å²) in [6, 6.07) is 8.10. The van der Waals surface area contributed by atoms with E-state index >= 15 is 0 Å². The van der Waals surface area contributed by atoms with Crippen molar-refractivity contribution in [3.8, 4) is 11.4 Å². The van der Waals surface area contributed by atoms with E-state index in [0.29, 0.717) is 17.4 Å². The molecule has 1 fully saturated rings. The van der Waals surface area contributed by atoms with Crippen molar-refractivity contribution in [2.24, 2.45) is 0 Å². The van der Waals surface area contributed by atoms with Crippen LogP contribution in [-0.2, 0) is 12.7 Å². The third kappa shape index (κ3) is 3.75. The Bertz CT molecular complexity index is 667. The standard InChI is InChI=1S/C17H20F3N3/c1-11(2)23-10-15(17(18,19)20)22-16(23)13-5-3-12(4-6-13)9-21-14-7-8-14/h3-6,10-11,14,21H,7-9H2,1-2H3. The molecule has 0 atom stereocenters. The maximum atomic E-state index is 12.9. The van der Waals surface area contributed by atoms with Crippen molar-refractivity contribution in [3.05, 3.63) is 41.7 Å². The molecule has 1 aliphatic rings. The highest BCUT2D eigenvalue weighted by molar-refractivity contribution is 5.57. The van der Waals surface area contributed by atoms with Gasteiger partial charge in [0.1, 0.15) is 5.82 Å². The van der Waals surface area contributed by atoms with Crippen LogP contribution in [0.2, 0.25) is 0 Å². The van der Waals surface area contributed by atoms with Gasteiger partial charge in [0.2, 0.25) is 0 Å². The molecule has 3 rings (SSSR count). The minimum atomic E-state index is -4.43. The van der Waals surface area contributed by atoms with Gasteiger partial charge in [-0.3, -0.25) is 0 Å². The lowest BCUT2D eigenvalue weighted by molar-refractivity contribution is -0.140. The van der Waals surface area contributed by atoms with Crippen LogP contribution in [0, 0.1) is 0 Å². The van der Waals surface area contributed by atoms with Gasteiger partial charge in [0.25, 0.3) is 0 Å². The first-order chi connectivity index (χ1) is 10.8. The van der Waals surface area contributed by atoms with Gasteiger partial charge in [0.15, 0.2) is 5.69 Å². The fourth-order valence-corrected chi connectivity index (χ4v) is 2.46. The molecule has 1 aromatic carbocycles. The number of halogens is 3. The molecule has 0 saturated heterocycles. The van der Waals surface area contributed by atoms with Gasteiger partial charge >= 0.3 is 6.18 Å². The molecule has 23 heavy (non-hydrogen) atoms. The van der Waals surface area contributed by atoms with Crippen LogP contribution in [0.5, 0.6) is 0 Å². The lowest BCUT2D eigenvalue weighted by Crippen LogP contribution is -2.15. The number of nitrogens with zero attached hydrogens (tertiary/aromatic N) is 2.